The first-order chi connectivity index (χ1) is 9.70. The standard InChI is InChI=1S/C12H16ClN3O3S2/c1-3-15-11(17)7-16(2)21(18,19)10-5-4-8(12(14)20)6-9(10)13/h4-6H,3,7H2,1-2H3,(H2,14,20)(H,15,17). The van der Waals surface area contributed by atoms with E-state index in [-0.39, 0.29) is 27.4 Å². The fraction of sp³-hybridized carbons (Fsp3) is 0.333. The van der Waals surface area contributed by atoms with Crippen LogP contribution >= 0.6 is 23.8 Å². The Balaban J connectivity index is 3.07. The Morgan fingerprint density at radius 3 is 2.57 bits per heavy atom. The van der Waals surface area contributed by atoms with Gasteiger partial charge < -0.3 is 11.1 Å². The molecular weight excluding hydrogens is 334 g/mol. The molecule has 0 aliphatic heterocycles. The van der Waals surface area contributed by atoms with Crippen molar-refractivity contribution < 1.29 is 13.2 Å². The summed E-state index contributed by atoms with van der Waals surface area (Å²) < 4.78 is 25.7. The summed E-state index contributed by atoms with van der Waals surface area (Å²) in [7, 11) is -2.56. The molecule has 1 aromatic rings. The largest absolute Gasteiger partial charge is 0.389 e. The highest BCUT2D eigenvalue weighted by Gasteiger charge is 2.25. The molecule has 0 aromatic heterocycles. The van der Waals surface area contributed by atoms with Crippen molar-refractivity contribution in [1.29, 1.82) is 0 Å². The predicted octanol–water partition coefficient (Wildman–Crippen LogP) is 0.731. The van der Waals surface area contributed by atoms with Crippen LogP contribution in [0, 0.1) is 0 Å². The maximum absolute atomic E-state index is 12.4. The Bertz CT molecular complexity index is 662. The third kappa shape index (κ3) is 4.37. The number of benzene rings is 1. The highest BCUT2D eigenvalue weighted by Crippen LogP contribution is 2.25. The van der Waals surface area contributed by atoms with Gasteiger partial charge in [-0.05, 0) is 19.1 Å². The van der Waals surface area contributed by atoms with Crippen LogP contribution in [0.1, 0.15) is 12.5 Å². The molecule has 1 rings (SSSR count). The SMILES string of the molecule is CCNC(=O)CN(C)S(=O)(=O)c1ccc(C(N)=S)cc1Cl. The van der Waals surface area contributed by atoms with Gasteiger partial charge in [-0.1, -0.05) is 29.9 Å². The maximum Gasteiger partial charge on any atom is 0.244 e. The lowest BCUT2D eigenvalue weighted by molar-refractivity contribution is -0.121. The monoisotopic (exact) mass is 349 g/mol. The number of nitrogens with zero attached hydrogens (tertiary/aromatic N) is 1. The van der Waals surface area contributed by atoms with Crippen molar-refractivity contribution in [2.45, 2.75) is 11.8 Å². The molecule has 3 N–H and O–H groups in total. The molecule has 0 aliphatic rings. The van der Waals surface area contributed by atoms with E-state index in [1.807, 2.05) is 0 Å². The van der Waals surface area contributed by atoms with E-state index in [1.165, 1.54) is 25.2 Å². The normalized spacial score (nSPS) is 11.4. The van der Waals surface area contributed by atoms with Crippen molar-refractivity contribution in [2.75, 3.05) is 20.1 Å². The third-order valence-electron chi connectivity index (χ3n) is 2.64. The molecule has 0 saturated carbocycles. The van der Waals surface area contributed by atoms with E-state index in [2.05, 4.69) is 5.32 Å². The van der Waals surface area contributed by atoms with E-state index >= 15 is 0 Å². The first kappa shape index (κ1) is 17.8. The van der Waals surface area contributed by atoms with Gasteiger partial charge in [0.15, 0.2) is 0 Å². The van der Waals surface area contributed by atoms with Crippen LogP contribution in [-0.2, 0) is 14.8 Å². The number of halogens is 1. The van der Waals surface area contributed by atoms with Crippen LogP contribution in [0.2, 0.25) is 5.02 Å². The van der Waals surface area contributed by atoms with Gasteiger partial charge in [0.05, 0.1) is 11.6 Å². The molecule has 9 heteroatoms. The Morgan fingerprint density at radius 1 is 1.48 bits per heavy atom. The number of amides is 1. The zero-order chi connectivity index (χ0) is 16.2. The molecule has 21 heavy (non-hydrogen) atoms. The van der Waals surface area contributed by atoms with Crippen LogP contribution < -0.4 is 11.1 Å². The average Bonchev–Trinajstić information content (AvgIpc) is 2.38. The zero-order valence-electron chi connectivity index (χ0n) is 11.6. The van der Waals surface area contributed by atoms with Gasteiger partial charge >= 0.3 is 0 Å². The van der Waals surface area contributed by atoms with Gasteiger partial charge in [0.1, 0.15) is 9.88 Å². The number of likely N-dealkylation sites (N-methyl/N-ethyl adjacent to an activating group) is 2. The maximum atomic E-state index is 12.4. The first-order valence-corrected chi connectivity index (χ1v) is 8.25. The number of hydrogen-bond acceptors (Lipinski definition) is 4. The lowest BCUT2D eigenvalue weighted by atomic mass is 10.2. The summed E-state index contributed by atoms with van der Waals surface area (Å²) in [6.07, 6.45) is 0. The van der Waals surface area contributed by atoms with E-state index in [4.69, 9.17) is 29.6 Å². The second kappa shape index (κ2) is 7.17. The van der Waals surface area contributed by atoms with Gasteiger partial charge in [-0.3, -0.25) is 4.79 Å². The van der Waals surface area contributed by atoms with Crippen LogP contribution in [0.4, 0.5) is 0 Å². The summed E-state index contributed by atoms with van der Waals surface area (Å²) in [6, 6.07) is 4.18. The fourth-order valence-electron chi connectivity index (χ4n) is 1.57. The van der Waals surface area contributed by atoms with Crippen LogP contribution in [0.3, 0.4) is 0 Å². The number of rotatable bonds is 6. The number of sulfonamides is 1. The molecule has 0 bridgehead atoms. The van der Waals surface area contributed by atoms with Crippen LogP contribution in [0.25, 0.3) is 0 Å². The number of hydrogen-bond donors (Lipinski definition) is 2. The smallest absolute Gasteiger partial charge is 0.244 e. The van der Waals surface area contributed by atoms with Crippen molar-refractivity contribution in [3.63, 3.8) is 0 Å². The van der Waals surface area contributed by atoms with Gasteiger partial charge in [-0.25, -0.2) is 8.42 Å². The van der Waals surface area contributed by atoms with E-state index < -0.39 is 10.0 Å². The quantitative estimate of drug-likeness (QED) is 0.739. The van der Waals surface area contributed by atoms with Crippen molar-refractivity contribution in [3.8, 4) is 0 Å². The third-order valence-corrected chi connectivity index (χ3v) is 5.17. The van der Waals surface area contributed by atoms with E-state index in [1.54, 1.807) is 6.92 Å². The van der Waals surface area contributed by atoms with Crippen molar-refractivity contribution >= 4 is 44.7 Å². The Morgan fingerprint density at radius 2 is 2.10 bits per heavy atom. The molecule has 0 heterocycles. The zero-order valence-corrected chi connectivity index (χ0v) is 14.0. The Hall–Kier alpha value is -1.22. The number of thiocarbonyl (C=S) groups is 1. The van der Waals surface area contributed by atoms with Gasteiger partial charge in [0, 0.05) is 19.2 Å². The lowest BCUT2D eigenvalue weighted by Gasteiger charge is -2.17. The molecule has 0 unspecified atom stereocenters. The Kier molecular flexibility index (Phi) is 6.09. The van der Waals surface area contributed by atoms with Gasteiger partial charge in [0.25, 0.3) is 0 Å². The Labute approximate surface area is 134 Å². The number of nitrogens with two attached hydrogens (primary N) is 1. The second-order valence-electron chi connectivity index (χ2n) is 4.22. The summed E-state index contributed by atoms with van der Waals surface area (Å²) in [4.78, 5) is 11.5. The molecule has 0 radical (unpaired) electrons. The minimum Gasteiger partial charge on any atom is -0.389 e. The van der Waals surface area contributed by atoms with Gasteiger partial charge in [0.2, 0.25) is 15.9 Å². The molecule has 1 amide bonds. The fourth-order valence-corrected chi connectivity index (χ4v) is 3.34. The molecule has 116 valence electrons. The average molecular weight is 350 g/mol. The van der Waals surface area contributed by atoms with Gasteiger partial charge in [-0.15, -0.1) is 0 Å². The lowest BCUT2D eigenvalue weighted by Crippen LogP contribution is -2.38. The number of carbonyl (C=O) groups is 1. The van der Waals surface area contributed by atoms with Crippen LogP contribution in [0.5, 0.6) is 0 Å². The molecule has 1 aromatic carbocycles. The molecular formula is C12H16ClN3O3S2. The molecule has 6 nitrogen and oxygen atoms in total. The van der Waals surface area contributed by atoms with Gasteiger partial charge in [-0.2, -0.15) is 4.31 Å². The minimum atomic E-state index is -3.87. The van der Waals surface area contributed by atoms with E-state index in [9.17, 15) is 13.2 Å². The summed E-state index contributed by atoms with van der Waals surface area (Å²) in [5, 5.41) is 2.53. The second-order valence-corrected chi connectivity index (χ2v) is 7.08. The van der Waals surface area contributed by atoms with E-state index in [0.717, 1.165) is 4.31 Å². The highest BCUT2D eigenvalue weighted by molar-refractivity contribution is 7.89. The molecule has 0 saturated heterocycles. The van der Waals surface area contributed by atoms with Crippen molar-refractivity contribution in [2.24, 2.45) is 5.73 Å². The molecule has 0 aliphatic carbocycles. The summed E-state index contributed by atoms with van der Waals surface area (Å²) in [5.74, 6) is -0.389. The molecule has 0 fully saturated rings. The van der Waals surface area contributed by atoms with Crippen LogP contribution in [-0.4, -0.2) is 43.8 Å². The van der Waals surface area contributed by atoms with Crippen LogP contribution in [0.15, 0.2) is 23.1 Å². The number of carbonyl (C=O) groups excluding carboxylic acids is 1. The van der Waals surface area contributed by atoms with Crippen molar-refractivity contribution in [1.82, 2.24) is 9.62 Å². The summed E-state index contributed by atoms with van der Waals surface area (Å²) in [6.45, 7) is 1.89. The highest BCUT2D eigenvalue weighted by atomic mass is 35.5. The van der Waals surface area contributed by atoms with E-state index in [0.29, 0.717) is 12.1 Å². The summed E-state index contributed by atoms with van der Waals surface area (Å²) in [5.41, 5.74) is 5.93. The minimum absolute atomic E-state index is 0.00282. The predicted molar refractivity (Wildman–Crippen MR) is 85.8 cm³/mol. The molecule has 0 spiro atoms. The molecule has 0 atom stereocenters. The number of nitrogens with one attached hydrogen (secondary N) is 1. The van der Waals surface area contributed by atoms with Crippen molar-refractivity contribution in [3.05, 3.63) is 28.8 Å². The summed E-state index contributed by atoms with van der Waals surface area (Å²) >= 11 is 10.8. The topological polar surface area (TPSA) is 92.5 Å². The first-order valence-electron chi connectivity index (χ1n) is 6.02.